The van der Waals surface area contributed by atoms with Crippen LogP contribution in [-0.4, -0.2) is 59.1 Å². The number of aryl methyl sites for hydroxylation is 1. The van der Waals surface area contributed by atoms with Gasteiger partial charge in [-0.25, -0.2) is 9.97 Å². The Balaban J connectivity index is 1.27. The van der Waals surface area contributed by atoms with Crippen molar-refractivity contribution in [1.29, 1.82) is 0 Å². The van der Waals surface area contributed by atoms with Crippen LogP contribution in [0.4, 0.5) is 11.8 Å². The molecular formula is C20H26N6. The molecule has 26 heavy (non-hydrogen) atoms. The van der Waals surface area contributed by atoms with Crippen LogP contribution in [0.5, 0.6) is 0 Å². The average Bonchev–Trinajstić information content (AvgIpc) is 3.12. The summed E-state index contributed by atoms with van der Waals surface area (Å²) in [6.45, 7) is 8.28. The van der Waals surface area contributed by atoms with Crippen LogP contribution >= 0.6 is 0 Å². The molecule has 6 heteroatoms. The van der Waals surface area contributed by atoms with Gasteiger partial charge in [0.05, 0.1) is 11.0 Å². The third-order valence-electron chi connectivity index (χ3n) is 5.04. The summed E-state index contributed by atoms with van der Waals surface area (Å²) in [7, 11) is 0. The molecule has 1 aliphatic heterocycles. The fraction of sp³-hybridized carbons (Fsp3) is 0.400. The minimum Gasteiger partial charge on any atom is -0.355 e. The summed E-state index contributed by atoms with van der Waals surface area (Å²) in [6, 6.07) is 12.4. The molecule has 0 unspecified atom stereocenters. The van der Waals surface area contributed by atoms with E-state index in [1.54, 1.807) is 0 Å². The monoisotopic (exact) mass is 350 g/mol. The number of hydrogen-bond donors (Lipinski definition) is 2. The third-order valence-corrected chi connectivity index (χ3v) is 5.04. The Kier molecular flexibility index (Phi) is 5.02. The molecule has 0 saturated carbocycles. The van der Waals surface area contributed by atoms with Crippen molar-refractivity contribution in [3.63, 3.8) is 0 Å². The second-order valence-corrected chi connectivity index (χ2v) is 6.70. The van der Waals surface area contributed by atoms with E-state index in [0.29, 0.717) is 0 Å². The van der Waals surface area contributed by atoms with Crippen LogP contribution < -0.4 is 10.2 Å². The molecule has 0 bridgehead atoms. The third kappa shape index (κ3) is 3.65. The first-order valence-corrected chi connectivity index (χ1v) is 9.43. The van der Waals surface area contributed by atoms with Gasteiger partial charge >= 0.3 is 0 Å². The molecule has 0 amide bonds. The van der Waals surface area contributed by atoms with Gasteiger partial charge in [-0.05, 0) is 30.2 Å². The van der Waals surface area contributed by atoms with Gasteiger partial charge in [-0.15, -0.1) is 0 Å². The van der Waals surface area contributed by atoms with E-state index in [1.165, 1.54) is 5.56 Å². The van der Waals surface area contributed by atoms with Gasteiger partial charge in [0, 0.05) is 45.5 Å². The largest absolute Gasteiger partial charge is 0.355 e. The number of hydrogen-bond acceptors (Lipinski definition) is 5. The van der Waals surface area contributed by atoms with E-state index in [9.17, 15) is 0 Å². The molecule has 3 heterocycles. The quantitative estimate of drug-likeness (QED) is 0.716. The van der Waals surface area contributed by atoms with E-state index in [1.807, 2.05) is 12.3 Å². The lowest BCUT2D eigenvalue weighted by Gasteiger charge is -2.35. The topological polar surface area (TPSA) is 60.1 Å². The van der Waals surface area contributed by atoms with Gasteiger partial charge in [0.1, 0.15) is 5.82 Å². The molecule has 0 radical (unpaired) electrons. The SMILES string of the molecule is CCc1cccc2[nH]c(NCCN3CCN(c4ccccn4)CC3)nc12. The van der Waals surface area contributed by atoms with E-state index >= 15 is 0 Å². The summed E-state index contributed by atoms with van der Waals surface area (Å²) in [5, 5.41) is 3.44. The number of para-hydroxylation sites is 1. The zero-order valence-corrected chi connectivity index (χ0v) is 15.3. The number of benzene rings is 1. The van der Waals surface area contributed by atoms with Crippen molar-refractivity contribution < 1.29 is 0 Å². The number of imidazole rings is 1. The zero-order chi connectivity index (χ0) is 17.8. The zero-order valence-electron chi connectivity index (χ0n) is 15.3. The number of aromatic amines is 1. The lowest BCUT2D eigenvalue weighted by atomic mass is 10.1. The molecule has 1 saturated heterocycles. The van der Waals surface area contributed by atoms with Crippen LogP contribution in [0.3, 0.4) is 0 Å². The van der Waals surface area contributed by atoms with Crippen molar-refractivity contribution in [2.75, 3.05) is 49.5 Å². The van der Waals surface area contributed by atoms with E-state index < -0.39 is 0 Å². The first-order chi connectivity index (χ1) is 12.8. The molecule has 0 aliphatic carbocycles. The standard InChI is InChI=1S/C20H26N6/c1-2-16-6-5-7-17-19(16)24-20(23-17)22-10-11-25-12-14-26(15-13-25)18-8-3-4-9-21-18/h3-9H,2,10-15H2,1H3,(H2,22,23,24). The Morgan fingerprint density at radius 2 is 1.96 bits per heavy atom. The van der Waals surface area contributed by atoms with Crippen LogP contribution in [-0.2, 0) is 6.42 Å². The number of rotatable bonds is 6. The second kappa shape index (κ2) is 7.74. The molecule has 136 valence electrons. The van der Waals surface area contributed by atoms with Gasteiger partial charge < -0.3 is 15.2 Å². The number of anilines is 2. The normalized spacial score (nSPS) is 15.5. The van der Waals surface area contributed by atoms with Crippen LogP contribution in [0, 0.1) is 0 Å². The summed E-state index contributed by atoms with van der Waals surface area (Å²) >= 11 is 0. The Morgan fingerprint density at radius 1 is 1.08 bits per heavy atom. The van der Waals surface area contributed by atoms with Crippen molar-refractivity contribution in [3.05, 3.63) is 48.2 Å². The molecule has 1 fully saturated rings. The number of fused-ring (bicyclic) bond motifs is 1. The summed E-state index contributed by atoms with van der Waals surface area (Å²) in [5.74, 6) is 1.95. The molecule has 3 aromatic rings. The fourth-order valence-corrected chi connectivity index (χ4v) is 3.53. The van der Waals surface area contributed by atoms with Gasteiger partial charge in [0.2, 0.25) is 5.95 Å². The molecule has 1 aliphatic rings. The van der Waals surface area contributed by atoms with Crippen molar-refractivity contribution >= 4 is 22.8 Å². The number of nitrogens with one attached hydrogen (secondary N) is 2. The Labute approximate surface area is 154 Å². The highest BCUT2D eigenvalue weighted by molar-refractivity contribution is 5.80. The molecule has 6 nitrogen and oxygen atoms in total. The first kappa shape index (κ1) is 16.8. The number of piperazine rings is 1. The molecule has 4 rings (SSSR count). The molecular weight excluding hydrogens is 324 g/mol. The van der Waals surface area contributed by atoms with E-state index in [0.717, 1.165) is 68.5 Å². The minimum absolute atomic E-state index is 0.869. The molecule has 2 aromatic heterocycles. The summed E-state index contributed by atoms with van der Waals surface area (Å²) < 4.78 is 0. The smallest absolute Gasteiger partial charge is 0.201 e. The van der Waals surface area contributed by atoms with Crippen molar-refractivity contribution in [1.82, 2.24) is 19.9 Å². The Hall–Kier alpha value is -2.60. The number of H-pyrrole nitrogens is 1. The van der Waals surface area contributed by atoms with Crippen molar-refractivity contribution in [3.8, 4) is 0 Å². The maximum absolute atomic E-state index is 4.72. The van der Waals surface area contributed by atoms with Crippen LogP contribution in [0.1, 0.15) is 12.5 Å². The van der Waals surface area contributed by atoms with Crippen LogP contribution in [0.2, 0.25) is 0 Å². The van der Waals surface area contributed by atoms with E-state index in [4.69, 9.17) is 4.98 Å². The van der Waals surface area contributed by atoms with Crippen LogP contribution in [0.15, 0.2) is 42.6 Å². The van der Waals surface area contributed by atoms with Crippen molar-refractivity contribution in [2.24, 2.45) is 0 Å². The summed E-state index contributed by atoms with van der Waals surface area (Å²) in [5.41, 5.74) is 3.48. The second-order valence-electron chi connectivity index (χ2n) is 6.70. The van der Waals surface area contributed by atoms with Gasteiger partial charge in [-0.1, -0.05) is 25.1 Å². The minimum atomic E-state index is 0.869. The molecule has 1 aromatic carbocycles. The van der Waals surface area contributed by atoms with Gasteiger partial charge in [-0.2, -0.15) is 0 Å². The van der Waals surface area contributed by atoms with Crippen LogP contribution in [0.25, 0.3) is 11.0 Å². The lowest BCUT2D eigenvalue weighted by Crippen LogP contribution is -2.47. The maximum atomic E-state index is 4.72. The van der Waals surface area contributed by atoms with E-state index in [2.05, 4.69) is 62.3 Å². The molecule has 0 atom stereocenters. The van der Waals surface area contributed by atoms with Gasteiger partial charge in [-0.3, -0.25) is 4.90 Å². The van der Waals surface area contributed by atoms with Gasteiger partial charge in [0.25, 0.3) is 0 Å². The predicted molar refractivity (Wildman–Crippen MR) is 107 cm³/mol. The fourth-order valence-electron chi connectivity index (χ4n) is 3.53. The first-order valence-electron chi connectivity index (χ1n) is 9.43. The Bertz CT molecular complexity index is 836. The number of nitrogens with zero attached hydrogens (tertiary/aromatic N) is 4. The predicted octanol–water partition coefficient (Wildman–Crippen LogP) is 2.75. The highest BCUT2D eigenvalue weighted by atomic mass is 15.3. The van der Waals surface area contributed by atoms with E-state index in [-0.39, 0.29) is 0 Å². The van der Waals surface area contributed by atoms with Crippen molar-refractivity contribution in [2.45, 2.75) is 13.3 Å². The summed E-state index contributed by atoms with van der Waals surface area (Å²) in [4.78, 5) is 17.4. The highest BCUT2D eigenvalue weighted by Gasteiger charge is 2.17. The molecule has 0 spiro atoms. The van der Waals surface area contributed by atoms with Gasteiger partial charge in [0.15, 0.2) is 0 Å². The summed E-state index contributed by atoms with van der Waals surface area (Å²) in [6.07, 6.45) is 2.87. The highest BCUT2D eigenvalue weighted by Crippen LogP contribution is 2.19. The lowest BCUT2D eigenvalue weighted by molar-refractivity contribution is 0.266. The average molecular weight is 350 g/mol. The maximum Gasteiger partial charge on any atom is 0.201 e. The Morgan fingerprint density at radius 3 is 2.73 bits per heavy atom. The number of aromatic nitrogens is 3. The number of pyridine rings is 1. The molecule has 2 N–H and O–H groups in total.